The lowest BCUT2D eigenvalue weighted by atomic mass is 10.0. The van der Waals surface area contributed by atoms with Gasteiger partial charge in [0.15, 0.2) is 11.5 Å². The van der Waals surface area contributed by atoms with Crippen molar-refractivity contribution in [3.05, 3.63) is 66.5 Å². The maximum Gasteiger partial charge on any atom is 0.181 e. The number of benzene rings is 2. The number of anilines is 1. The van der Waals surface area contributed by atoms with Gasteiger partial charge in [-0.05, 0) is 36.4 Å². The zero-order valence-electron chi connectivity index (χ0n) is 16.2. The van der Waals surface area contributed by atoms with Gasteiger partial charge in [-0.2, -0.15) is 5.26 Å². The van der Waals surface area contributed by atoms with Gasteiger partial charge in [-0.15, -0.1) is 0 Å². The molecule has 1 N–H and O–H groups in total. The van der Waals surface area contributed by atoms with E-state index in [0.717, 1.165) is 47.1 Å². The Morgan fingerprint density at radius 2 is 1.67 bits per heavy atom. The third kappa shape index (κ3) is 3.13. The summed E-state index contributed by atoms with van der Waals surface area (Å²) in [4.78, 5) is 11.8. The summed E-state index contributed by atoms with van der Waals surface area (Å²) >= 11 is 0. The van der Waals surface area contributed by atoms with Gasteiger partial charge in [-0.1, -0.05) is 12.1 Å². The number of phenolic OH excluding ortho intramolecular Hbond substituents is 1. The first-order chi connectivity index (χ1) is 14.7. The van der Waals surface area contributed by atoms with Crippen molar-refractivity contribution in [2.75, 3.05) is 31.2 Å². The first-order valence-electron chi connectivity index (χ1n) is 9.74. The van der Waals surface area contributed by atoms with E-state index in [-0.39, 0.29) is 5.75 Å². The molecule has 7 nitrogen and oxygen atoms in total. The van der Waals surface area contributed by atoms with Crippen molar-refractivity contribution in [2.45, 2.75) is 0 Å². The van der Waals surface area contributed by atoms with Crippen molar-refractivity contribution in [3.8, 4) is 34.3 Å². The molecular formula is C23H19N5O2. The molecule has 7 heteroatoms. The Kier molecular flexibility index (Phi) is 4.54. The average molecular weight is 397 g/mol. The molecule has 30 heavy (non-hydrogen) atoms. The maximum absolute atomic E-state index is 9.74. The highest BCUT2D eigenvalue weighted by Gasteiger charge is 2.22. The predicted molar refractivity (Wildman–Crippen MR) is 113 cm³/mol. The van der Waals surface area contributed by atoms with Crippen LogP contribution in [0.3, 0.4) is 0 Å². The molecule has 0 amide bonds. The van der Waals surface area contributed by atoms with Crippen LogP contribution in [-0.2, 0) is 4.74 Å². The summed E-state index contributed by atoms with van der Waals surface area (Å²) in [6.07, 6.45) is 3.69. The van der Waals surface area contributed by atoms with Crippen molar-refractivity contribution in [1.29, 1.82) is 5.26 Å². The van der Waals surface area contributed by atoms with Crippen LogP contribution in [0.5, 0.6) is 5.75 Å². The molecule has 1 fully saturated rings. The van der Waals surface area contributed by atoms with Gasteiger partial charge in [-0.25, -0.2) is 9.97 Å². The van der Waals surface area contributed by atoms with Crippen molar-refractivity contribution in [2.24, 2.45) is 0 Å². The molecule has 148 valence electrons. The number of nitriles is 1. The molecule has 1 aliphatic rings. The molecule has 3 heterocycles. The van der Waals surface area contributed by atoms with Crippen LogP contribution in [0.25, 0.3) is 28.2 Å². The van der Waals surface area contributed by atoms with E-state index < -0.39 is 0 Å². The van der Waals surface area contributed by atoms with Gasteiger partial charge in [0, 0.05) is 36.6 Å². The molecular weight excluding hydrogens is 378 g/mol. The summed E-state index contributed by atoms with van der Waals surface area (Å²) in [7, 11) is 0. The number of imidazole rings is 1. The van der Waals surface area contributed by atoms with E-state index in [1.54, 1.807) is 30.5 Å². The first-order valence-corrected chi connectivity index (χ1v) is 9.74. The van der Waals surface area contributed by atoms with Crippen molar-refractivity contribution in [1.82, 2.24) is 14.4 Å². The number of morpholine rings is 1. The Labute approximate surface area is 173 Å². The molecule has 0 aliphatic carbocycles. The zero-order chi connectivity index (χ0) is 20.5. The van der Waals surface area contributed by atoms with E-state index >= 15 is 0 Å². The normalized spacial score (nSPS) is 14.0. The Hall–Kier alpha value is -3.89. The van der Waals surface area contributed by atoms with Gasteiger partial charge in [0.25, 0.3) is 0 Å². The SMILES string of the molecule is N#Cc1ccc(-c2nc3c(N4CCOCC4)nccn3c2-c2ccc(O)cc2)cc1. The van der Waals surface area contributed by atoms with Crippen LogP contribution in [0, 0.1) is 11.3 Å². The number of aromatic nitrogens is 3. The standard InChI is InChI=1S/C23H19N5O2/c24-15-16-1-3-17(4-2-16)20-21(18-5-7-19(29)8-6-18)28-10-9-25-22(23(28)26-20)27-11-13-30-14-12-27/h1-10,29H,11-14H2. The van der Waals surface area contributed by atoms with Crippen LogP contribution in [0.2, 0.25) is 0 Å². The smallest absolute Gasteiger partial charge is 0.181 e. The van der Waals surface area contributed by atoms with Gasteiger partial charge in [0.2, 0.25) is 0 Å². The molecule has 0 unspecified atom stereocenters. The lowest BCUT2D eigenvalue weighted by molar-refractivity contribution is 0.122. The fourth-order valence-electron chi connectivity index (χ4n) is 3.76. The molecule has 0 spiro atoms. The zero-order valence-corrected chi connectivity index (χ0v) is 16.2. The number of hydrogen-bond acceptors (Lipinski definition) is 6. The molecule has 0 saturated carbocycles. The van der Waals surface area contributed by atoms with Gasteiger partial charge in [-0.3, -0.25) is 4.40 Å². The number of aromatic hydroxyl groups is 1. The van der Waals surface area contributed by atoms with Crippen LogP contribution >= 0.6 is 0 Å². The molecule has 0 radical (unpaired) electrons. The van der Waals surface area contributed by atoms with Crippen molar-refractivity contribution >= 4 is 11.5 Å². The third-order valence-corrected chi connectivity index (χ3v) is 5.26. The van der Waals surface area contributed by atoms with Gasteiger partial charge < -0.3 is 14.7 Å². The topological polar surface area (TPSA) is 86.7 Å². The van der Waals surface area contributed by atoms with Crippen LogP contribution in [0.15, 0.2) is 60.9 Å². The fraction of sp³-hybridized carbons (Fsp3) is 0.174. The lowest BCUT2D eigenvalue weighted by Crippen LogP contribution is -2.37. The third-order valence-electron chi connectivity index (χ3n) is 5.26. The quantitative estimate of drug-likeness (QED) is 0.570. The Morgan fingerprint density at radius 3 is 2.37 bits per heavy atom. The minimum absolute atomic E-state index is 0.211. The second-order valence-electron chi connectivity index (χ2n) is 7.09. The number of ether oxygens (including phenoxy) is 1. The minimum atomic E-state index is 0.211. The Bertz CT molecular complexity index is 1230. The second-order valence-corrected chi connectivity index (χ2v) is 7.09. The number of hydrogen-bond donors (Lipinski definition) is 1. The van der Waals surface area contributed by atoms with Crippen LogP contribution < -0.4 is 4.90 Å². The highest BCUT2D eigenvalue weighted by molar-refractivity contribution is 5.85. The van der Waals surface area contributed by atoms with Crippen molar-refractivity contribution < 1.29 is 9.84 Å². The maximum atomic E-state index is 9.74. The molecule has 1 saturated heterocycles. The van der Waals surface area contributed by atoms with E-state index in [1.165, 1.54) is 0 Å². The predicted octanol–water partition coefficient (Wildman–Crippen LogP) is 3.48. The second kappa shape index (κ2) is 7.50. The van der Waals surface area contributed by atoms with Crippen LogP contribution in [0.1, 0.15) is 5.56 Å². The van der Waals surface area contributed by atoms with Crippen molar-refractivity contribution in [3.63, 3.8) is 0 Å². The number of fused-ring (bicyclic) bond motifs is 1. The van der Waals surface area contributed by atoms with Crippen LogP contribution in [0.4, 0.5) is 5.82 Å². The Balaban J connectivity index is 1.75. The molecule has 5 rings (SSSR count). The average Bonchev–Trinajstić information content (AvgIpc) is 3.20. The van der Waals surface area contributed by atoms with E-state index in [0.29, 0.717) is 18.8 Å². The molecule has 1 aliphatic heterocycles. The highest BCUT2D eigenvalue weighted by atomic mass is 16.5. The molecule has 2 aromatic carbocycles. The number of nitrogens with zero attached hydrogens (tertiary/aromatic N) is 5. The number of phenols is 1. The summed E-state index contributed by atoms with van der Waals surface area (Å²) in [5, 5.41) is 18.9. The molecule has 0 bridgehead atoms. The fourth-order valence-corrected chi connectivity index (χ4v) is 3.76. The molecule has 2 aromatic heterocycles. The summed E-state index contributed by atoms with van der Waals surface area (Å²) in [5.41, 5.74) is 4.91. The van der Waals surface area contributed by atoms with E-state index in [4.69, 9.17) is 15.0 Å². The lowest BCUT2D eigenvalue weighted by Gasteiger charge is -2.27. The summed E-state index contributed by atoms with van der Waals surface area (Å²) in [5.74, 6) is 1.03. The molecule has 0 atom stereocenters. The Morgan fingerprint density at radius 1 is 0.967 bits per heavy atom. The van der Waals surface area contributed by atoms with Gasteiger partial charge in [0.1, 0.15) is 5.75 Å². The van der Waals surface area contributed by atoms with Crippen LogP contribution in [-0.4, -0.2) is 45.8 Å². The summed E-state index contributed by atoms with van der Waals surface area (Å²) < 4.78 is 7.53. The molecule has 4 aromatic rings. The van der Waals surface area contributed by atoms with E-state index in [1.807, 2.05) is 34.9 Å². The largest absolute Gasteiger partial charge is 0.508 e. The minimum Gasteiger partial charge on any atom is -0.508 e. The number of rotatable bonds is 3. The van der Waals surface area contributed by atoms with Gasteiger partial charge in [0.05, 0.1) is 36.2 Å². The van der Waals surface area contributed by atoms with Gasteiger partial charge >= 0.3 is 0 Å². The van der Waals surface area contributed by atoms with E-state index in [9.17, 15) is 5.11 Å². The summed E-state index contributed by atoms with van der Waals surface area (Å²) in [6.45, 7) is 2.86. The van der Waals surface area contributed by atoms with E-state index in [2.05, 4.69) is 16.0 Å². The summed E-state index contributed by atoms with van der Waals surface area (Å²) in [6, 6.07) is 16.6. The highest BCUT2D eigenvalue weighted by Crippen LogP contribution is 2.35. The first kappa shape index (κ1) is 18.2. The monoisotopic (exact) mass is 397 g/mol.